The van der Waals surface area contributed by atoms with Gasteiger partial charge in [-0.1, -0.05) is 54.1 Å². The lowest BCUT2D eigenvalue weighted by Gasteiger charge is -2.14. The van der Waals surface area contributed by atoms with E-state index in [9.17, 15) is 5.11 Å². The normalized spacial score (nSPS) is 12.3. The average molecular weight is 299 g/mol. The van der Waals surface area contributed by atoms with Crippen LogP contribution in [-0.4, -0.2) is 14.7 Å². The van der Waals surface area contributed by atoms with Crippen molar-refractivity contribution >= 4 is 11.6 Å². The summed E-state index contributed by atoms with van der Waals surface area (Å²) in [5, 5.41) is 11.2. The number of nitrogens with zero attached hydrogens (tertiary/aromatic N) is 2. The summed E-state index contributed by atoms with van der Waals surface area (Å²) in [7, 11) is 0. The second-order valence-electron chi connectivity index (χ2n) is 4.85. The molecule has 0 aliphatic rings. The van der Waals surface area contributed by atoms with Crippen molar-refractivity contribution in [2.24, 2.45) is 0 Å². The van der Waals surface area contributed by atoms with Gasteiger partial charge in [0.05, 0.1) is 0 Å². The molecule has 1 unspecified atom stereocenters. The Bertz CT molecular complexity index is 707. The first kappa shape index (κ1) is 13.9. The van der Waals surface area contributed by atoms with Gasteiger partial charge in [0, 0.05) is 24.0 Å². The van der Waals surface area contributed by atoms with Crippen molar-refractivity contribution in [1.82, 2.24) is 9.55 Å². The van der Waals surface area contributed by atoms with Crippen molar-refractivity contribution in [2.75, 3.05) is 0 Å². The summed E-state index contributed by atoms with van der Waals surface area (Å²) in [6.45, 7) is 0.681. The predicted molar refractivity (Wildman–Crippen MR) is 83.3 cm³/mol. The van der Waals surface area contributed by atoms with Gasteiger partial charge in [-0.25, -0.2) is 4.98 Å². The Morgan fingerprint density at radius 3 is 2.48 bits per heavy atom. The van der Waals surface area contributed by atoms with Crippen LogP contribution in [0.4, 0.5) is 0 Å². The molecule has 1 N–H and O–H groups in total. The fourth-order valence-electron chi connectivity index (χ4n) is 2.28. The number of aliphatic hydroxyl groups is 1. The molecule has 106 valence electrons. The van der Waals surface area contributed by atoms with E-state index >= 15 is 0 Å². The molecular formula is C17H15ClN2O. The molecule has 4 heteroatoms. The van der Waals surface area contributed by atoms with Gasteiger partial charge in [-0.15, -0.1) is 0 Å². The van der Waals surface area contributed by atoms with Crippen molar-refractivity contribution in [2.45, 2.75) is 12.6 Å². The summed E-state index contributed by atoms with van der Waals surface area (Å²) in [6.07, 6.45) is 2.82. The lowest BCUT2D eigenvalue weighted by atomic mass is 10.1. The largest absolute Gasteiger partial charge is 0.380 e. The predicted octanol–water partition coefficient (Wildman–Crippen LogP) is 3.67. The number of aliphatic hydroxyl groups excluding tert-OH is 1. The van der Waals surface area contributed by atoms with Crippen LogP contribution in [0, 0.1) is 0 Å². The van der Waals surface area contributed by atoms with E-state index in [1.165, 1.54) is 5.56 Å². The summed E-state index contributed by atoms with van der Waals surface area (Å²) in [4.78, 5) is 4.29. The molecule has 3 aromatic rings. The van der Waals surface area contributed by atoms with Crippen LogP contribution in [0.25, 0.3) is 0 Å². The molecule has 0 bridgehead atoms. The Kier molecular flexibility index (Phi) is 4.04. The summed E-state index contributed by atoms with van der Waals surface area (Å²) >= 11 is 5.88. The van der Waals surface area contributed by atoms with Gasteiger partial charge in [0.2, 0.25) is 0 Å². The fourth-order valence-corrected chi connectivity index (χ4v) is 2.40. The molecule has 0 fully saturated rings. The van der Waals surface area contributed by atoms with Crippen molar-refractivity contribution in [3.8, 4) is 0 Å². The molecule has 0 aliphatic heterocycles. The molecule has 1 aromatic heterocycles. The third-order valence-corrected chi connectivity index (χ3v) is 3.63. The van der Waals surface area contributed by atoms with Crippen molar-refractivity contribution in [3.05, 3.63) is 89.0 Å². The van der Waals surface area contributed by atoms with Crippen LogP contribution >= 0.6 is 11.6 Å². The smallest absolute Gasteiger partial charge is 0.142 e. The molecular weight excluding hydrogens is 284 g/mol. The van der Waals surface area contributed by atoms with Crippen LogP contribution < -0.4 is 0 Å². The number of imidazole rings is 1. The highest BCUT2D eigenvalue weighted by molar-refractivity contribution is 6.30. The number of hydrogen-bond acceptors (Lipinski definition) is 2. The summed E-state index contributed by atoms with van der Waals surface area (Å²) in [6, 6.07) is 17.3. The van der Waals surface area contributed by atoms with Gasteiger partial charge in [-0.3, -0.25) is 0 Å². The van der Waals surface area contributed by atoms with E-state index < -0.39 is 6.10 Å². The Morgan fingerprint density at radius 2 is 1.76 bits per heavy atom. The molecule has 21 heavy (non-hydrogen) atoms. The summed E-state index contributed by atoms with van der Waals surface area (Å²) in [5.41, 5.74) is 1.94. The van der Waals surface area contributed by atoms with Crippen LogP contribution in [0.5, 0.6) is 0 Å². The van der Waals surface area contributed by atoms with Crippen LogP contribution in [0.3, 0.4) is 0 Å². The SMILES string of the molecule is OC(c1ccc(Cl)cc1)c1nccn1Cc1ccccc1. The molecule has 2 aromatic carbocycles. The highest BCUT2D eigenvalue weighted by Crippen LogP contribution is 2.22. The van der Waals surface area contributed by atoms with E-state index in [0.29, 0.717) is 17.4 Å². The van der Waals surface area contributed by atoms with Gasteiger partial charge in [0.15, 0.2) is 0 Å². The Hall–Kier alpha value is -2.10. The zero-order chi connectivity index (χ0) is 14.7. The minimum Gasteiger partial charge on any atom is -0.380 e. The van der Waals surface area contributed by atoms with Gasteiger partial charge in [0.1, 0.15) is 11.9 Å². The van der Waals surface area contributed by atoms with Gasteiger partial charge in [0.25, 0.3) is 0 Å². The van der Waals surface area contributed by atoms with E-state index in [2.05, 4.69) is 17.1 Å². The highest BCUT2D eigenvalue weighted by Gasteiger charge is 2.16. The molecule has 1 heterocycles. The molecule has 0 spiro atoms. The quantitative estimate of drug-likeness (QED) is 0.798. The lowest BCUT2D eigenvalue weighted by Crippen LogP contribution is -2.10. The van der Waals surface area contributed by atoms with Gasteiger partial charge in [-0.2, -0.15) is 0 Å². The van der Waals surface area contributed by atoms with Gasteiger partial charge >= 0.3 is 0 Å². The first-order chi connectivity index (χ1) is 10.2. The average Bonchev–Trinajstić information content (AvgIpc) is 2.96. The maximum atomic E-state index is 10.5. The Labute approximate surface area is 128 Å². The third kappa shape index (κ3) is 3.15. The van der Waals surface area contributed by atoms with E-state index in [0.717, 1.165) is 5.56 Å². The van der Waals surface area contributed by atoms with Crippen LogP contribution in [-0.2, 0) is 6.54 Å². The lowest BCUT2D eigenvalue weighted by molar-refractivity contribution is 0.205. The number of hydrogen-bond donors (Lipinski definition) is 1. The number of rotatable bonds is 4. The number of benzene rings is 2. The molecule has 3 rings (SSSR count). The number of halogens is 1. The maximum Gasteiger partial charge on any atom is 0.142 e. The second-order valence-corrected chi connectivity index (χ2v) is 5.29. The first-order valence-electron chi connectivity index (χ1n) is 6.72. The van der Waals surface area contributed by atoms with Gasteiger partial charge < -0.3 is 9.67 Å². The van der Waals surface area contributed by atoms with Gasteiger partial charge in [-0.05, 0) is 23.3 Å². The van der Waals surface area contributed by atoms with Crippen molar-refractivity contribution < 1.29 is 5.11 Å². The van der Waals surface area contributed by atoms with E-state index in [-0.39, 0.29) is 0 Å². The standard InChI is InChI=1S/C17H15ClN2O/c18-15-8-6-14(7-9-15)16(21)17-19-10-11-20(17)12-13-4-2-1-3-5-13/h1-11,16,21H,12H2. The molecule has 0 aliphatic carbocycles. The summed E-state index contributed by atoms with van der Waals surface area (Å²) in [5.74, 6) is 0.626. The van der Waals surface area contributed by atoms with Crippen LogP contribution in [0.15, 0.2) is 67.0 Å². The monoisotopic (exact) mass is 298 g/mol. The first-order valence-corrected chi connectivity index (χ1v) is 7.10. The fraction of sp³-hybridized carbons (Fsp3) is 0.118. The molecule has 3 nitrogen and oxygen atoms in total. The second kappa shape index (κ2) is 6.12. The molecule has 0 radical (unpaired) electrons. The molecule has 1 atom stereocenters. The molecule has 0 amide bonds. The Balaban J connectivity index is 1.86. The number of aromatic nitrogens is 2. The van der Waals surface area contributed by atoms with E-state index in [1.807, 2.05) is 41.1 Å². The minimum atomic E-state index is -0.763. The maximum absolute atomic E-state index is 10.5. The third-order valence-electron chi connectivity index (χ3n) is 3.37. The minimum absolute atomic E-state index is 0.626. The molecule has 0 saturated heterocycles. The van der Waals surface area contributed by atoms with Crippen LogP contribution in [0.1, 0.15) is 23.1 Å². The zero-order valence-electron chi connectivity index (χ0n) is 11.4. The molecule has 0 saturated carbocycles. The van der Waals surface area contributed by atoms with Crippen molar-refractivity contribution in [3.63, 3.8) is 0 Å². The Morgan fingerprint density at radius 1 is 1.05 bits per heavy atom. The van der Waals surface area contributed by atoms with E-state index in [4.69, 9.17) is 11.6 Å². The van der Waals surface area contributed by atoms with E-state index in [1.54, 1.807) is 18.3 Å². The summed E-state index contributed by atoms with van der Waals surface area (Å²) < 4.78 is 1.95. The zero-order valence-corrected chi connectivity index (χ0v) is 12.1. The highest BCUT2D eigenvalue weighted by atomic mass is 35.5. The topological polar surface area (TPSA) is 38.1 Å². The van der Waals surface area contributed by atoms with Crippen LogP contribution in [0.2, 0.25) is 5.02 Å². The van der Waals surface area contributed by atoms with Crippen molar-refractivity contribution in [1.29, 1.82) is 0 Å².